The molecule has 2 aromatic heterocycles. The van der Waals surface area contributed by atoms with Crippen molar-refractivity contribution in [1.29, 1.82) is 0 Å². The van der Waals surface area contributed by atoms with Crippen LogP contribution in [0.5, 0.6) is 0 Å². The fraction of sp³-hybridized carbons (Fsp3) is 0.300. The van der Waals surface area contributed by atoms with Crippen LogP contribution in [0.15, 0.2) is 53.9 Å². The summed E-state index contributed by atoms with van der Waals surface area (Å²) < 4.78 is 1.87. The van der Waals surface area contributed by atoms with Crippen molar-refractivity contribution < 1.29 is 4.79 Å². The van der Waals surface area contributed by atoms with Gasteiger partial charge in [0.25, 0.3) is 0 Å². The minimum atomic E-state index is -0.0650. The van der Waals surface area contributed by atoms with Gasteiger partial charge in [-0.05, 0) is 49.2 Å². The van der Waals surface area contributed by atoms with Crippen molar-refractivity contribution in [1.82, 2.24) is 19.7 Å². The molecular formula is C20H22N6OS. The lowest BCUT2D eigenvalue weighted by Crippen LogP contribution is -2.18. The molecule has 0 atom stereocenters. The Hall–Kier alpha value is -2.87. The normalized spacial score (nSPS) is 13.7. The van der Waals surface area contributed by atoms with Gasteiger partial charge in [-0.2, -0.15) is 0 Å². The average molecular weight is 395 g/mol. The Morgan fingerprint density at radius 2 is 1.93 bits per heavy atom. The van der Waals surface area contributed by atoms with Crippen LogP contribution in [0.1, 0.15) is 12.8 Å². The zero-order valence-electron chi connectivity index (χ0n) is 15.7. The van der Waals surface area contributed by atoms with E-state index in [1.807, 2.05) is 35.9 Å². The third-order valence-corrected chi connectivity index (χ3v) is 5.73. The van der Waals surface area contributed by atoms with E-state index < -0.39 is 0 Å². The van der Waals surface area contributed by atoms with E-state index in [2.05, 4.69) is 37.5 Å². The molecule has 1 amide bonds. The van der Waals surface area contributed by atoms with Gasteiger partial charge in [0.2, 0.25) is 5.91 Å². The average Bonchev–Trinajstić information content (AvgIpc) is 3.38. The van der Waals surface area contributed by atoms with E-state index in [0.717, 1.165) is 30.2 Å². The summed E-state index contributed by atoms with van der Waals surface area (Å²) >= 11 is 1.36. The molecule has 0 aliphatic carbocycles. The maximum Gasteiger partial charge on any atom is 0.234 e. The zero-order chi connectivity index (χ0) is 19.3. The number of nitrogens with one attached hydrogen (secondary N) is 1. The van der Waals surface area contributed by atoms with E-state index in [9.17, 15) is 4.79 Å². The zero-order valence-corrected chi connectivity index (χ0v) is 16.5. The third kappa shape index (κ3) is 4.17. The molecule has 1 aliphatic rings. The molecule has 0 bridgehead atoms. The fourth-order valence-corrected chi connectivity index (χ4v) is 3.96. The molecule has 1 aliphatic heterocycles. The first-order chi connectivity index (χ1) is 13.7. The molecule has 28 heavy (non-hydrogen) atoms. The van der Waals surface area contributed by atoms with Crippen LogP contribution >= 0.6 is 11.8 Å². The van der Waals surface area contributed by atoms with Crippen LogP contribution in [0.3, 0.4) is 0 Å². The first-order valence-corrected chi connectivity index (χ1v) is 10.3. The second-order valence-electron chi connectivity index (χ2n) is 6.68. The van der Waals surface area contributed by atoms with Crippen LogP contribution in [-0.4, -0.2) is 44.5 Å². The molecular weight excluding hydrogens is 372 g/mol. The number of hydrogen-bond donors (Lipinski definition) is 1. The van der Waals surface area contributed by atoms with Crippen molar-refractivity contribution in [2.24, 2.45) is 7.05 Å². The van der Waals surface area contributed by atoms with E-state index >= 15 is 0 Å². The number of rotatable bonds is 6. The largest absolute Gasteiger partial charge is 0.372 e. The topological polar surface area (TPSA) is 75.9 Å². The molecule has 1 saturated heterocycles. The predicted octanol–water partition coefficient (Wildman–Crippen LogP) is 3.21. The number of aromatic nitrogens is 4. The van der Waals surface area contributed by atoms with Crippen LogP contribution in [-0.2, 0) is 11.8 Å². The van der Waals surface area contributed by atoms with Crippen LogP contribution in [0.2, 0.25) is 0 Å². The Kier molecular flexibility index (Phi) is 5.57. The Labute approximate surface area is 168 Å². The Balaban J connectivity index is 1.33. The number of benzene rings is 1. The molecule has 1 fully saturated rings. The maximum atomic E-state index is 12.3. The lowest BCUT2D eigenvalue weighted by molar-refractivity contribution is -0.113. The fourth-order valence-electron chi connectivity index (χ4n) is 3.25. The maximum absolute atomic E-state index is 12.3. The second-order valence-corrected chi connectivity index (χ2v) is 7.63. The van der Waals surface area contributed by atoms with E-state index in [-0.39, 0.29) is 11.7 Å². The highest BCUT2D eigenvalue weighted by Crippen LogP contribution is 2.24. The van der Waals surface area contributed by atoms with Crippen molar-refractivity contribution in [3.05, 3.63) is 48.8 Å². The highest BCUT2D eigenvalue weighted by molar-refractivity contribution is 7.99. The smallest absolute Gasteiger partial charge is 0.234 e. The van der Waals surface area contributed by atoms with E-state index in [1.165, 1.54) is 30.3 Å². The molecule has 4 rings (SSSR count). The molecule has 3 aromatic rings. The number of thioether (sulfide) groups is 1. The van der Waals surface area contributed by atoms with Gasteiger partial charge in [0, 0.05) is 49.5 Å². The first kappa shape index (κ1) is 18.5. The van der Waals surface area contributed by atoms with Crippen LogP contribution in [0.4, 0.5) is 11.4 Å². The van der Waals surface area contributed by atoms with Crippen molar-refractivity contribution >= 4 is 29.0 Å². The summed E-state index contributed by atoms with van der Waals surface area (Å²) in [7, 11) is 1.89. The summed E-state index contributed by atoms with van der Waals surface area (Å²) in [5.41, 5.74) is 2.92. The lowest BCUT2D eigenvalue weighted by atomic mass is 10.2. The third-order valence-electron chi connectivity index (χ3n) is 4.71. The molecule has 1 N–H and O–H groups in total. The molecule has 0 unspecified atom stereocenters. The number of carbonyl (C=O) groups excluding carboxylic acids is 1. The molecule has 144 valence electrons. The Morgan fingerprint density at radius 1 is 1.14 bits per heavy atom. The summed E-state index contributed by atoms with van der Waals surface area (Å²) in [6.07, 6.45) is 5.97. The standard InChI is InChI=1S/C20H22N6OS/c1-25-19(15-5-4-10-21-13-15)23-24-20(25)28-14-18(27)22-16-6-8-17(9-7-16)26-11-2-3-12-26/h4-10,13H,2-3,11-12,14H2,1H3,(H,22,27). The van der Waals surface area contributed by atoms with Crippen molar-refractivity contribution in [2.45, 2.75) is 18.0 Å². The van der Waals surface area contributed by atoms with Gasteiger partial charge in [0.15, 0.2) is 11.0 Å². The molecule has 0 spiro atoms. The predicted molar refractivity (Wildman–Crippen MR) is 111 cm³/mol. The first-order valence-electron chi connectivity index (χ1n) is 9.28. The van der Waals surface area contributed by atoms with Crippen LogP contribution < -0.4 is 10.2 Å². The lowest BCUT2D eigenvalue weighted by Gasteiger charge is -2.17. The van der Waals surface area contributed by atoms with Crippen LogP contribution in [0, 0.1) is 0 Å². The van der Waals surface area contributed by atoms with Gasteiger partial charge in [-0.25, -0.2) is 0 Å². The molecule has 8 heteroatoms. The quantitative estimate of drug-likeness (QED) is 0.647. The summed E-state index contributed by atoms with van der Waals surface area (Å²) in [6.45, 7) is 2.22. The second kappa shape index (κ2) is 8.43. The molecule has 0 radical (unpaired) electrons. The number of anilines is 2. The minimum absolute atomic E-state index is 0.0650. The Morgan fingerprint density at radius 3 is 2.64 bits per heavy atom. The summed E-state index contributed by atoms with van der Waals surface area (Å²) in [6, 6.07) is 11.8. The minimum Gasteiger partial charge on any atom is -0.372 e. The molecule has 1 aromatic carbocycles. The number of carbonyl (C=O) groups is 1. The molecule has 3 heterocycles. The van der Waals surface area contributed by atoms with Gasteiger partial charge in [0.1, 0.15) is 0 Å². The summed E-state index contributed by atoms with van der Waals surface area (Å²) in [5, 5.41) is 12.0. The van der Waals surface area contributed by atoms with E-state index in [1.54, 1.807) is 12.4 Å². The monoisotopic (exact) mass is 394 g/mol. The van der Waals surface area contributed by atoms with Gasteiger partial charge in [0.05, 0.1) is 5.75 Å². The number of amides is 1. The highest BCUT2D eigenvalue weighted by atomic mass is 32.2. The van der Waals surface area contributed by atoms with E-state index in [0.29, 0.717) is 5.16 Å². The summed E-state index contributed by atoms with van der Waals surface area (Å²) in [4.78, 5) is 18.8. The van der Waals surface area contributed by atoms with Crippen molar-refractivity contribution in [3.63, 3.8) is 0 Å². The van der Waals surface area contributed by atoms with Crippen LogP contribution in [0.25, 0.3) is 11.4 Å². The highest BCUT2D eigenvalue weighted by Gasteiger charge is 2.14. The van der Waals surface area contributed by atoms with Gasteiger partial charge < -0.3 is 14.8 Å². The summed E-state index contributed by atoms with van der Waals surface area (Å²) in [5.74, 6) is 0.936. The van der Waals surface area contributed by atoms with Gasteiger partial charge in [-0.1, -0.05) is 11.8 Å². The van der Waals surface area contributed by atoms with Crippen molar-refractivity contribution in [3.8, 4) is 11.4 Å². The molecule has 7 nitrogen and oxygen atoms in total. The van der Waals surface area contributed by atoms with Crippen molar-refractivity contribution in [2.75, 3.05) is 29.1 Å². The number of hydrogen-bond acceptors (Lipinski definition) is 6. The van der Waals surface area contributed by atoms with Gasteiger partial charge in [-0.15, -0.1) is 10.2 Å². The SMILES string of the molecule is Cn1c(SCC(=O)Nc2ccc(N3CCCC3)cc2)nnc1-c1cccnc1. The van der Waals surface area contributed by atoms with Gasteiger partial charge in [-0.3, -0.25) is 9.78 Å². The number of pyridine rings is 1. The Bertz CT molecular complexity index is 935. The number of nitrogens with zero attached hydrogens (tertiary/aromatic N) is 5. The van der Waals surface area contributed by atoms with E-state index in [4.69, 9.17) is 0 Å². The van der Waals surface area contributed by atoms with Gasteiger partial charge >= 0.3 is 0 Å². The molecule has 0 saturated carbocycles.